The van der Waals surface area contributed by atoms with Gasteiger partial charge in [0, 0.05) is 37.0 Å². The van der Waals surface area contributed by atoms with Crippen LogP contribution in [-0.2, 0) is 33.4 Å². The number of fused-ring (bicyclic) bond motifs is 2. The highest BCUT2D eigenvalue weighted by Gasteiger charge is 2.30. The third-order valence-electron chi connectivity index (χ3n) is 7.20. The van der Waals surface area contributed by atoms with Crippen molar-refractivity contribution in [1.82, 2.24) is 10.6 Å². The lowest BCUT2D eigenvalue weighted by atomic mass is 9.90. The number of nitrogens with one attached hydrogen (secondary N) is 2. The Balaban J connectivity index is 2.33. The van der Waals surface area contributed by atoms with Crippen molar-refractivity contribution in [2.45, 2.75) is 84.7 Å². The number of aliphatic hydroxyl groups is 1. The Kier molecular flexibility index (Phi) is 14.2. The summed E-state index contributed by atoms with van der Waals surface area (Å²) in [5, 5.41) is 16.3. The number of Topliss-reactive ketones (excluding diaryl/α,β-unsaturated/α-hetero) is 1. The lowest BCUT2D eigenvalue weighted by molar-refractivity contribution is -0.156. The highest BCUT2D eigenvalue weighted by atomic mass is 16.5. The van der Waals surface area contributed by atoms with Gasteiger partial charge in [0.05, 0.1) is 24.3 Å². The summed E-state index contributed by atoms with van der Waals surface area (Å²) in [6.45, 7) is 8.52. The summed E-state index contributed by atoms with van der Waals surface area (Å²) in [5.74, 6) is -3.00. The van der Waals surface area contributed by atoms with Gasteiger partial charge in [-0.15, -0.1) is 0 Å². The molecule has 2 bridgehead atoms. The van der Waals surface area contributed by atoms with Crippen LogP contribution in [-0.4, -0.2) is 65.9 Å². The highest BCUT2D eigenvalue weighted by Crippen LogP contribution is 2.24. The molecule has 3 N–H and O–H groups in total. The smallest absolute Gasteiger partial charge is 0.328 e. The third kappa shape index (κ3) is 11.4. The standard InChI is InChI=1S/C33H44N2O8/c1-20(2)32(40)34-23(5)33(41)43-28-16-11-9-7-8-10-15-26(42-6)19-29(37)35-27-18-25(36)17-24(31(27)39)14-12-13-21(3)30(38)22(28)4/h7-11,13,15,17-18,20,22-23,26,28,30,38H,12,14,16,19H2,1-6H3,(H,34,40)(H,35,37)/b8-7+,11-9+,15-10+,21-13+/t22-,23-,26+,28+,30+/m1/s1. The molecule has 0 radical (unpaired) electrons. The zero-order chi connectivity index (χ0) is 32.1. The van der Waals surface area contributed by atoms with Crippen LogP contribution < -0.4 is 10.6 Å². The molecule has 1 aliphatic heterocycles. The molecule has 0 aromatic rings. The molecule has 0 unspecified atom stereocenters. The molecule has 0 aromatic heterocycles. The van der Waals surface area contributed by atoms with E-state index in [4.69, 9.17) is 9.47 Å². The van der Waals surface area contributed by atoms with Gasteiger partial charge in [0.2, 0.25) is 17.6 Å². The molecule has 5 atom stereocenters. The molecule has 10 nitrogen and oxygen atoms in total. The van der Waals surface area contributed by atoms with E-state index < -0.39 is 53.7 Å². The Morgan fingerprint density at radius 1 is 1.07 bits per heavy atom. The van der Waals surface area contributed by atoms with Gasteiger partial charge in [0.1, 0.15) is 12.1 Å². The fourth-order valence-electron chi connectivity index (χ4n) is 4.41. The second-order valence-corrected chi connectivity index (χ2v) is 11.1. The van der Waals surface area contributed by atoms with Crippen molar-refractivity contribution in [3.63, 3.8) is 0 Å². The SMILES string of the molecule is CO[C@H]1/C=C/C=C/C=C/C[C@H](OC(=O)[C@@H](C)NC(=O)C(C)C)[C@@H](C)[C@@H](O)/C(C)=C/CCC2=CC(=O)C=C(NC(=O)C1)C2=O. The summed E-state index contributed by atoms with van der Waals surface area (Å²) >= 11 is 0. The molecule has 0 fully saturated rings. The lowest BCUT2D eigenvalue weighted by Gasteiger charge is -2.29. The van der Waals surface area contributed by atoms with Crippen molar-refractivity contribution in [2.24, 2.45) is 11.8 Å². The first-order valence-corrected chi connectivity index (χ1v) is 14.5. The quantitative estimate of drug-likeness (QED) is 0.249. The molecule has 0 spiro atoms. The minimum Gasteiger partial charge on any atom is -0.460 e. The number of rotatable bonds is 5. The number of hydrogen-bond acceptors (Lipinski definition) is 8. The zero-order valence-electron chi connectivity index (χ0n) is 25.8. The molecule has 1 heterocycles. The van der Waals surface area contributed by atoms with Gasteiger partial charge < -0.3 is 25.2 Å². The molecule has 10 heteroatoms. The summed E-state index contributed by atoms with van der Waals surface area (Å²) in [6.07, 6.45) is 13.2. The molecular formula is C33H44N2O8. The maximum atomic E-state index is 13.0. The Morgan fingerprint density at radius 2 is 1.77 bits per heavy atom. The van der Waals surface area contributed by atoms with Crippen molar-refractivity contribution in [3.8, 4) is 0 Å². The molecule has 2 rings (SSSR count). The van der Waals surface area contributed by atoms with Crippen molar-refractivity contribution >= 4 is 29.4 Å². The maximum Gasteiger partial charge on any atom is 0.328 e. The van der Waals surface area contributed by atoms with E-state index in [-0.39, 0.29) is 35.9 Å². The minimum absolute atomic E-state index is 0.0602. The normalized spacial score (nSPS) is 28.6. The number of amides is 2. The topological polar surface area (TPSA) is 148 Å². The fraction of sp³-hybridized carbons (Fsp3) is 0.485. The number of ketones is 2. The summed E-state index contributed by atoms with van der Waals surface area (Å²) in [7, 11) is 1.46. The highest BCUT2D eigenvalue weighted by molar-refractivity contribution is 6.21. The molecule has 2 aliphatic rings. The van der Waals surface area contributed by atoms with Crippen molar-refractivity contribution < 1.29 is 38.6 Å². The van der Waals surface area contributed by atoms with E-state index in [0.29, 0.717) is 18.4 Å². The Hall–Kier alpha value is -3.89. The predicted octanol–water partition coefficient (Wildman–Crippen LogP) is 3.34. The van der Waals surface area contributed by atoms with Crippen molar-refractivity contribution in [3.05, 3.63) is 71.5 Å². The van der Waals surface area contributed by atoms with Crippen LogP contribution in [0.2, 0.25) is 0 Å². The number of esters is 1. The van der Waals surface area contributed by atoms with Crippen LogP contribution in [0.3, 0.4) is 0 Å². The van der Waals surface area contributed by atoms with Gasteiger partial charge in [0.25, 0.3) is 0 Å². The lowest BCUT2D eigenvalue weighted by Crippen LogP contribution is -2.44. The molecule has 0 saturated carbocycles. The molecule has 234 valence electrons. The molecule has 0 saturated heterocycles. The summed E-state index contributed by atoms with van der Waals surface area (Å²) in [5.41, 5.74) is 0.780. The van der Waals surface area contributed by atoms with Crippen LogP contribution >= 0.6 is 0 Å². The first kappa shape index (κ1) is 35.3. The number of allylic oxidation sites excluding steroid dienone is 8. The van der Waals surface area contributed by atoms with Gasteiger partial charge in [-0.1, -0.05) is 63.3 Å². The van der Waals surface area contributed by atoms with Crippen LogP contribution in [0.4, 0.5) is 0 Å². The van der Waals surface area contributed by atoms with E-state index in [1.54, 1.807) is 71.1 Å². The van der Waals surface area contributed by atoms with E-state index in [1.165, 1.54) is 13.2 Å². The van der Waals surface area contributed by atoms with Gasteiger partial charge in [-0.25, -0.2) is 4.79 Å². The molecule has 0 aromatic carbocycles. The first-order valence-electron chi connectivity index (χ1n) is 14.5. The average molecular weight is 597 g/mol. The van der Waals surface area contributed by atoms with Gasteiger partial charge in [0.15, 0.2) is 5.78 Å². The second kappa shape index (κ2) is 17.3. The number of methoxy groups -OCH3 is 1. The van der Waals surface area contributed by atoms with E-state index in [2.05, 4.69) is 10.6 Å². The van der Waals surface area contributed by atoms with Crippen LogP contribution in [0.5, 0.6) is 0 Å². The third-order valence-corrected chi connectivity index (χ3v) is 7.20. The number of carbonyl (C=O) groups excluding carboxylic acids is 5. The van der Waals surface area contributed by atoms with E-state index in [1.807, 2.05) is 6.08 Å². The van der Waals surface area contributed by atoms with Crippen LogP contribution in [0, 0.1) is 11.8 Å². The molecule has 1 aliphatic carbocycles. The molecular weight excluding hydrogens is 552 g/mol. The summed E-state index contributed by atoms with van der Waals surface area (Å²) in [4.78, 5) is 62.8. The minimum atomic E-state index is -0.974. The largest absolute Gasteiger partial charge is 0.460 e. The monoisotopic (exact) mass is 596 g/mol. The van der Waals surface area contributed by atoms with Gasteiger partial charge >= 0.3 is 5.97 Å². The zero-order valence-corrected chi connectivity index (χ0v) is 25.8. The van der Waals surface area contributed by atoms with Crippen molar-refractivity contribution in [2.75, 3.05) is 7.11 Å². The average Bonchev–Trinajstić information content (AvgIpc) is 2.95. The van der Waals surface area contributed by atoms with Crippen LogP contribution in [0.1, 0.15) is 60.3 Å². The molecule has 2 amide bonds. The van der Waals surface area contributed by atoms with Crippen LogP contribution in [0.15, 0.2) is 71.5 Å². The van der Waals surface area contributed by atoms with Crippen LogP contribution in [0.25, 0.3) is 0 Å². The Bertz CT molecular complexity index is 1240. The van der Waals surface area contributed by atoms with E-state index >= 15 is 0 Å². The van der Waals surface area contributed by atoms with Gasteiger partial charge in [-0.3, -0.25) is 19.2 Å². The van der Waals surface area contributed by atoms with Gasteiger partial charge in [-0.2, -0.15) is 0 Å². The maximum absolute atomic E-state index is 13.0. The Morgan fingerprint density at radius 3 is 2.44 bits per heavy atom. The Labute approximate surface area is 253 Å². The first-order chi connectivity index (χ1) is 20.3. The van der Waals surface area contributed by atoms with E-state index in [9.17, 15) is 29.1 Å². The van der Waals surface area contributed by atoms with E-state index in [0.717, 1.165) is 6.08 Å². The van der Waals surface area contributed by atoms with Gasteiger partial charge in [-0.05, 0) is 38.3 Å². The molecule has 43 heavy (non-hydrogen) atoms. The number of carbonyl (C=O) groups is 5. The predicted molar refractivity (Wildman–Crippen MR) is 162 cm³/mol. The number of aliphatic hydroxyl groups excluding tert-OH is 1. The second-order valence-electron chi connectivity index (χ2n) is 11.1. The fourth-order valence-corrected chi connectivity index (χ4v) is 4.41. The summed E-state index contributed by atoms with van der Waals surface area (Å²) in [6, 6.07) is -0.868. The van der Waals surface area contributed by atoms with Crippen molar-refractivity contribution in [1.29, 1.82) is 0 Å². The summed E-state index contributed by atoms with van der Waals surface area (Å²) < 4.78 is 11.1. The number of hydrogen-bond donors (Lipinski definition) is 3. The number of ether oxygens (including phenoxy) is 2.